The van der Waals surface area contributed by atoms with Gasteiger partial charge in [0.15, 0.2) is 0 Å². The summed E-state index contributed by atoms with van der Waals surface area (Å²) in [5.41, 5.74) is 1.48. The van der Waals surface area contributed by atoms with Gasteiger partial charge in [-0.1, -0.05) is 23.7 Å². The first-order valence-corrected chi connectivity index (χ1v) is 10.9. The molecule has 32 heavy (non-hydrogen) atoms. The summed E-state index contributed by atoms with van der Waals surface area (Å²) in [6, 6.07) is 9.26. The number of carbonyl (C=O) groups excluding carboxylic acids is 2. The molecule has 0 aliphatic carbocycles. The molecule has 2 aromatic rings. The zero-order valence-corrected chi connectivity index (χ0v) is 18.3. The Morgan fingerprint density at radius 3 is 2.41 bits per heavy atom. The van der Waals surface area contributed by atoms with Crippen LogP contribution < -0.4 is 9.80 Å². The maximum atomic E-state index is 13.1. The molecule has 0 radical (unpaired) electrons. The zero-order chi connectivity index (χ0) is 23.0. The van der Waals surface area contributed by atoms with Gasteiger partial charge in [-0.25, -0.2) is 0 Å². The second-order valence-electron chi connectivity index (χ2n) is 8.10. The second-order valence-corrected chi connectivity index (χ2v) is 8.48. The molecule has 0 aromatic heterocycles. The summed E-state index contributed by atoms with van der Waals surface area (Å²) in [4.78, 5) is 31.0. The standard InChI is InChI=1S/C23H23ClF3N3O2/c1-15-7-8-16(28-9-2-3-10-28)13-19(15)30-12-11-29(14-20(30)31)22(32)17-5-4-6-18(21(17)24)23(25,26)27/h4-8,13H,2-3,9-12,14H2,1H3. The van der Waals surface area contributed by atoms with Gasteiger partial charge in [0, 0.05) is 37.6 Å². The fourth-order valence-electron chi connectivity index (χ4n) is 4.25. The highest BCUT2D eigenvalue weighted by atomic mass is 35.5. The maximum absolute atomic E-state index is 13.1. The van der Waals surface area contributed by atoms with E-state index < -0.39 is 22.7 Å². The Bertz CT molecular complexity index is 1050. The van der Waals surface area contributed by atoms with Gasteiger partial charge in [0.1, 0.15) is 6.54 Å². The monoisotopic (exact) mass is 465 g/mol. The molecular weight excluding hydrogens is 443 g/mol. The lowest BCUT2D eigenvalue weighted by Gasteiger charge is -2.35. The number of hydrogen-bond acceptors (Lipinski definition) is 3. The van der Waals surface area contributed by atoms with Crippen molar-refractivity contribution in [1.82, 2.24) is 4.90 Å². The third-order valence-corrected chi connectivity index (χ3v) is 6.40. The van der Waals surface area contributed by atoms with Crippen molar-refractivity contribution >= 4 is 34.8 Å². The Hall–Kier alpha value is -2.74. The molecule has 2 amide bonds. The number of carbonyl (C=O) groups is 2. The number of halogens is 4. The van der Waals surface area contributed by atoms with Gasteiger partial charge in [-0.2, -0.15) is 13.2 Å². The summed E-state index contributed by atoms with van der Waals surface area (Å²) in [6.45, 7) is 4.12. The van der Waals surface area contributed by atoms with E-state index in [-0.39, 0.29) is 31.1 Å². The molecule has 0 N–H and O–H groups in total. The van der Waals surface area contributed by atoms with Crippen molar-refractivity contribution in [3.05, 3.63) is 58.1 Å². The van der Waals surface area contributed by atoms with Gasteiger partial charge >= 0.3 is 6.18 Å². The number of nitrogens with zero attached hydrogens (tertiary/aromatic N) is 3. The van der Waals surface area contributed by atoms with Crippen LogP contribution in [0.25, 0.3) is 0 Å². The van der Waals surface area contributed by atoms with E-state index in [0.717, 1.165) is 55.0 Å². The summed E-state index contributed by atoms with van der Waals surface area (Å²) in [6.07, 6.45) is -2.39. The lowest BCUT2D eigenvalue weighted by molar-refractivity contribution is -0.137. The van der Waals surface area contributed by atoms with Crippen LogP contribution in [0.15, 0.2) is 36.4 Å². The predicted octanol–water partition coefficient (Wildman–Crippen LogP) is 4.76. The minimum atomic E-state index is -4.67. The van der Waals surface area contributed by atoms with Gasteiger partial charge in [-0.3, -0.25) is 9.59 Å². The van der Waals surface area contributed by atoms with Crippen molar-refractivity contribution < 1.29 is 22.8 Å². The van der Waals surface area contributed by atoms with Crippen LogP contribution in [0.3, 0.4) is 0 Å². The molecule has 2 saturated heterocycles. The lowest BCUT2D eigenvalue weighted by atomic mass is 10.1. The molecule has 9 heteroatoms. The average Bonchev–Trinajstić information content (AvgIpc) is 3.28. The Morgan fingerprint density at radius 2 is 1.75 bits per heavy atom. The van der Waals surface area contributed by atoms with Crippen LogP contribution in [-0.2, 0) is 11.0 Å². The van der Waals surface area contributed by atoms with E-state index in [1.807, 2.05) is 25.1 Å². The molecule has 170 valence electrons. The first-order chi connectivity index (χ1) is 15.2. The molecule has 4 rings (SSSR count). The van der Waals surface area contributed by atoms with Crippen molar-refractivity contribution in [2.24, 2.45) is 0 Å². The fourth-order valence-corrected chi connectivity index (χ4v) is 4.56. The summed E-state index contributed by atoms with van der Waals surface area (Å²) < 4.78 is 39.4. The normalized spacial score (nSPS) is 17.3. The first-order valence-electron chi connectivity index (χ1n) is 10.5. The largest absolute Gasteiger partial charge is 0.417 e. The van der Waals surface area contributed by atoms with E-state index in [1.165, 1.54) is 11.0 Å². The lowest BCUT2D eigenvalue weighted by Crippen LogP contribution is -2.52. The van der Waals surface area contributed by atoms with Gasteiger partial charge < -0.3 is 14.7 Å². The molecular formula is C23H23ClF3N3O2. The van der Waals surface area contributed by atoms with E-state index in [0.29, 0.717) is 0 Å². The molecule has 0 spiro atoms. The third kappa shape index (κ3) is 4.28. The Morgan fingerprint density at radius 1 is 1.03 bits per heavy atom. The SMILES string of the molecule is Cc1ccc(N2CCCC2)cc1N1CCN(C(=O)c2cccc(C(F)(F)F)c2Cl)CC1=O. The minimum Gasteiger partial charge on any atom is -0.371 e. The molecule has 5 nitrogen and oxygen atoms in total. The topological polar surface area (TPSA) is 43.9 Å². The quantitative estimate of drug-likeness (QED) is 0.656. The number of alkyl halides is 3. The number of hydrogen-bond donors (Lipinski definition) is 0. The number of anilines is 2. The number of piperazine rings is 1. The summed E-state index contributed by atoms with van der Waals surface area (Å²) >= 11 is 5.90. The number of amides is 2. The highest BCUT2D eigenvalue weighted by Gasteiger charge is 2.36. The van der Waals surface area contributed by atoms with Crippen molar-refractivity contribution in [1.29, 1.82) is 0 Å². The van der Waals surface area contributed by atoms with Crippen LogP contribution in [0.1, 0.15) is 34.3 Å². The van der Waals surface area contributed by atoms with E-state index in [9.17, 15) is 22.8 Å². The van der Waals surface area contributed by atoms with Crippen LogP contribution in [0.5, 0.6) is 0 Å². The van der Waals surface area contributed by atoms with E-state index in [2.05, 4.69) is 4.90 Å². The zero-order valence-electron chi connectivity index (χ0n) is 17.6. The van der Waals surface area contributed by atoms with Crippen LogP contribution in [-0.4, -0.2) is 49.4 Å². The average molecular weight is 466 g/mol. The molecule has 2 fully saturated rings. The van der Waals surface area contributed by atoms with Gasteiger partial charge in [-0.05, 0) is 49.6 Å². The summed E-state index contributed by atoms with van der Waals surface area (Å²) in [5, 5.41) is -0.644. The molecule has 0 bridgehead atoms. The number of aryl methyl sites for hydroxylation is 1. The van der Waals surface area contributed by atoms with Crippen molar-refractivity contribution in [3.8, 4) is 0 Å². The Balaban J connectivity index is 1.53. The number of rotatable bonds is 3. The van der Waals surface area contributed by atoms with E-state index in [1.54, 1.807) is 4.90 Å². The van der Waals surface area contributed by atoms with Gasteiger partial charge in [-0.15, -0.1) is 0 Å². The minimum absolute atomic E-state index is 0.199. The highest BCUT2D eigenvalue weighted by molar-refractivity contribution is 6.34. The molecule has 2 aliphatic heterocycles. The Labute approximate surface area is 189 Å². The van der Waals surface area contributed by atoms with E-state index >= 15 is 0 Å². The second kappa shape index (κ2) is 8.65. The molecule has 2 heterocycles. The summed E-state index contributed by atoms with van der Waals surface area (Å²) in [7, 11) is 0. The van der Waals surface area contributed by atoms with Gasteiger partial charge in [0.05, 0.1) is 16.1 Å². The first kappa shape index (κ1) is 22.5. The van der Waals surface area contributed by atoms with Crippen LogP contribution in [0.4, 0.5) is 24.5 Å². The highest BCUT2D eigenvalue weighted by Crippen LogP contribution is 2.37. The molecule has 2 aliphatic rings. The predicted molar refractivity (Wildman–Crippen MR) is 117 cm³/mol. The Kier molecular flexibility index (Phi) is 6.07. The van der Waals surface area contributed by atoms with Crippen LogP contribution in [0, 0.1) is 6.92 Å². The third-order valence-electron chi connectivity index (χ3n) is 6.00. The fraction of sp³-hybridized carbons (Fsp3) is 0.391. The molecule has 0 saturated carbocycles. The van der Waals surface area contributed by atoms with Gasteiger partial charge in [0.2, 0.25) is 5.91 Å². The molecule has 0 unspecified atom stereocenters. The van der Waals surface area contributed by atoms with Crippen molar-refractivity contribution in [3.63, 3.8) is 0 Å². The van der Waals surface area contributed by atoms with E-state index in [4.69, 9.17) is 11.6 Å². The van der Waals surface area contributed by atoms with Crippen molar-refractivity contribution in [2.75, 3.05) is 42.5 Å². The van der Waals surface area contributed by atoms with Crippen molar-refractivity contribution in [2.45, 2.75) is 25.9 Å². The number of benzene rings is 2. The van der Waals surface area contributed by atoms with Crippen LogP contribution in [0.2, 0.25) is 5.02 Å². The van der Waals surface area contributed by atoms with Crippen LogP contribution >= 0.6 is 11.6 Å². The smallest absolute Gasteiger partial charge is 0.371 e. The summed E-state index contributed by atoms with van der Waals surface area (Å²) in [5.74, 6) is -0.967. The van der Waals surface area contributed by atoms with Gasteiger partial charge in [0.25, 0.3) is 5.91 Å². The molecule has 0 atom stereocenters. The molecule has 2 aromatic carbocycles. The maximum Gasteiger partial charge on any atom is 0.417 e.